The molecule has 28 heavy (non-hydrogen) atoms. The number of nitrogens with zero attached hydrogens (tertiary/aromatic N) is 3. The number of pyridine rings is 1. The van der Waals surface area contributed by atoms with Gasteiger partial charge in [0.05, 0.1) is 19.8 Å². The van der Waals surface area contributed by atoms with Gasteiger partial charge in [0.25, 0.3) is 11.8 Å². The SMILES string of the molecule is NC(=O)c1cn2c(c(OCc3ccccc3)c1=O)C(=O)N1CCOCCN2C1. The summed E-state index contributed by atoms with van der Waals surface area (Å²) >= 11 is 0. The molecule has 3 heterocycles. The highest BCUT2D eigenvalue weighted by Crippen LogP contribution is 2.23. The maximum Gasteiger partial charge on any atom is 0.277 e. The lowest BCUT2D eigenvalue weighted by Gasteiger charge is -2.41. The Morgan fingerprint density at radius 3 is 2.64 bits per heavy atom. The Labute approximate surface area is 160 Å². The van der Waals surface area contributed by atoms with Crippen molar-refractivity contribution in [3.05, 3.63) is 63.6 Å². The predicted molar refractivity (Wildman–Crippen MR) is 99.8 cm³/mol. The van der Waals surface area contributed by atoms with Crippen LogP contribution in [0.5, 0.6) is 5.75 Å². The van der Waals surface area contributed by atoms with Gasteiger partial charge in [0.15, 0.2) is 11.4 Å². The van der Waals surface area contributed by atoms with Gasteiger partial charge in [-0.2, -0.15) is 0 Å². The van der Waals surface area contributed by atoms with E-state index in [0.717, 1.165) is 5.56 Å². The smallest absolute Gasteiger partial charge is 0.277 e. The van der Waals surface area contributed by atoms with Gasteiger partial charge in [-0.05, 0) is 5.56 Å². The van der Waals surface area contributed by atoms with E-state index in [1.54, 1.807) is 4.90 Å². The fourth-order valence-corrected chi connectivity index (χ4v) is 3.31. The molecule has 2 aliphatic heterocycles. The maximum atomic E-state index is 13.0. The van der Waals surface area contributed by atoms with E-state index >= 15 is 0 Å². The number of hydrogen-bond acceptors (Lipinski definition) is 6. The zero-order valence-electron chi connectivity index (χ0n) is 15.2. The van der Waals surface area contributed by atoms with Crippen molar-refractivity contribution in [2.45, 2.75) is 6.61 Å². The molecule has 2 N–H and O–H groups in total. The Balaban J connectivity index is 1.83. The first-order chi connectivity index (χ1) is 13.6. The standard InChI is InChI=1S/C19H20N4O5/c20-18(25)14-10-23-15(19(26)21-6-8-27-9-7-22(23)12-21)17(16(14)24)28-11-13-4-2-1-3-5-13/h1-5,10H,6-9,11-12H2,(H2,20,25). The van der Waals surface area contributed by atoms with Crippen molar-refractivity contribution in [1.29, 1.82) is 0 Å². The minimum Gasteiger partial charge on any atom is -0.482 e. The Bertz CT molecular complexity index is 972. The van der Waals surface area contributed by atoms with Crippen LogP contribution in [0, 0.1) is 0 Å². The van der Waals surface area contributed by atoms with Crippen molar-refractivity contribution in [1.82, 2.24) is 9.58 Å². The van der Waals surface area contributed by atoms with Crippen molar-refractivity contribution in [3.8, 4) is 5.75 Å². The molecule has 0 aliphatic carbocycles. The van der Waals surface area contributed by atoms with Gasteiger partial charge in [0.2, 0.25) is 5.43 Å². The number of benzene rings is 1. The summed E-state index contributed by atoms with van der Waals surface area (Å²) in [4.78, 5) is 39.3. The molecule has 2 amide bonds. The van der Waals surface area contributed by atoms with E-state index in [-0.39, 0.29) is 29.5 Å². The lowest BCUT2D eigenvalue weighted by molar-refractivity contribution is 0.0471. The van der Waals surface area contributed by atoms with Crippen molar-refractivity contribution < 1.29 is 19.1 Å². The maximum absolute atomic E-state index is 13.0. The van der Waals surface area contributed by atoms with Crippen LogP contribution >= 0.6 is 0 Å². The number of carbonyl (C=O) groups excluding carboxylic acids is 2. The van der Waals surface area contributed by atoms with Crippen LogP contribution < -0.4 is 20.9 Å². The molecule has 2 aromatic rings. The number of carbonyl (C=O) groups is 2. The first-order valence-corrected chi connectivity index (χ1v) is 8.94. The van der Waals surface area contributed by atoms with E-state index < -0.39 is 11.3 Å². The number of ether oxygens (including phenoxy) is 2. The number of hydrogen-bond donors (Lipinski definition) is 1. The molecule has 0 radical (unpaired) electrons. The van der Waals surface area contributed by atoms with Crippen molar-refractivity contribution in [2.75, 3.05) is 38.0 Å². The van der Waals surface area contributed by atoms with E-state index in [1.165, 1.54) is 10.9 Å². The molecule has 146 valence electrons. The summed E-state index contributed by atoms with van der Waals surface area (Å²) in [7, 11) is 0. The van der Waals surface area contributed by atoms with Gasteiger partial charge in [-0.1, -0.05) is 30.3 Å². The number of amides is 2. The molecule has 0 unspecified atom stereocenters. The third-order valence-electron chi connectivity index (χ3n) is 4.77. The number of primary amides is 1. The van der Waals surface area contributed by atoms with Gasteiger partial charge >= 0.3 is 0 Å². The van der Waals surface area contributed by atoms with E-state index in [1.807, 2.05) is 35.3 Å². The molecule has 9 heteroatoms. The molecule has 4 rings (SSSR count). The van der Waals surface area contributed by atoms with Gasteiger partial charge in [-0.25, -0.2) is 0 Å². The number of aromatic nitrogens is 1. The number of fused-ring (bicyclic) bond motifs is 4. The van der Waals surface area contributed by atoms with Crippen LogP contribution in [0.4, 0.5) is 0 Å². The second-order valence-electron chi connectivity index (χ2n) is 6.59. The van der Waals surface area contributed by atoms with Crippen LogP contribution in [0.3, 0.4) is 0 Å². The Hall–Kier alpha value is -3.33. The summed E-state index contributed by atoms with van der Waals surface area (Å²) in [6.45, 7) is 2.17. The van der Waals surface area contributed by atoms with Crippen molar-refractivity contribution >= 4 is 11.8 Å². The average molecular weight is 384 g/mol. The summed E-state index contributed by atoms with van der Waals surface area (Å²) in [5, 5.41) is 1.82. The van der Waals surface area contributed by atoms with Crippen LogP contribution in [0.1, 0.15) is 26.4 Å². The monoisotopic (exact) mass is 384 g/mol. The molecule has 0 atom stereocenters. The van der Waals surface area contributed by atoms with Crippen LogP contribution in [0.15, 0.2) is 41.3 Å². The van der Waals surface area contributed by atoms with Crippen LogP contribution in [0.25, 0.3) is 0 Å². The first kappa shape index (κ1) is 18.1. The Morgan fingerprint density at radius 2 is 1.89 bits per heavy atom. The van der Waals surface area contributed by atoms with Gasteiger partial charge in [-0.15, -0.1) is 0 Å². The van der Waals surface area contributed by atoms with E-state index in [4.69, 9.17) is 15.2 Å². The van der Waals surface area contributed by atoms with Crippen LogP contribution in [-0.2, 0) is 11.3 Å². The largest absolute Gasteiger partial charge is 0.482 e. The average Bonchev–Trinajstić information content (AvgIpc) is 2.67. The van der Waals surface area contributed by atoms with E-state index in [9.17, 15) is 14.4 Å². The molecule has 0 saturated carbocycles. The minimum absolute atomic E-state index is 0.0850. The minimum atomic E-state index is -0.872. The summed E-state index contributed by atoms with van der Waals surface area (Å²) in [5.41, 5.74) is 5.41. The summed E-state index contributed by atoms with van der Waals surface area (Å²) in [5.74, 6) is -1.39. The second-order valence-corrected chi connectivity index (χ2v) is 6.59. The van der Waals surface area contributed by atoms with Gasteiger partial charge in [0, 0.05) is 12.7 Å². The topological polar surface area (TPSA) is 107 Å². The number of rotatable bonds is 4. The molecule has 1 aromatic carbocycles. The molecule has 9 nitrogen and oxygen atoms in total. The summed E-state index contributed by atoms with van der Waals surface area (Å²) in [6.07, 6.45) is 1.31. The predicted octanol–water partition coefficient (Wildman–Crippen LogP) is -0.0923. The van der Waals surface area contributed by atoms with Crippen LogP contribution in [0.2, 0.25) is 0 Å². The highest BCUT2D eigenvalue weighted by Gasteiger charge is 2.35. The van der Waals surface area contributed by atoms with E-state index in [0.29, 0.717) is 33.0 Å². The molecule has 1 aromatic heterocycles. The quantitative estimate of drug-likeness (QED) is 0.789. The summed E-state index contributed by atoms with van der Waals surface area (Å²) < 4.78 is 12.7. The molecule has 2 bridgehead atoms. The zero-order chi connectivity index (χ0) is 19.7. The normalized spacial score (nSPS) is 16.2. The lowest BCUT2D eigenvalue weighted by atomic mass is 10.1. The molecular formula is C19H20N4O5. The lowest BCUT2D eigenvalue weighted by Crippen LogP contribution is -2.57. The van der Waals surface area contributed by atoms with E-state index in [2.05, 4.69) is 0 Å². The Morgan fingerprint density at radius 1 is 1.14 bits per heavy atom. The first-order valence-electron chi connectivity index (χ1n) is 8.94. The van der Waals surface area contributed by atoms with Crippen LogP contribution in [-0.4, -0.2) is 54.4 Å². The fraction of sp³-hybridized carbons (Fsp3) is 0.316. The Kier molecular flexibility index (Phi) is 4.74. The van der Waals surface area contributed by atoms with Gasteiger partial charge in [0.1, 0.15) is 18.8 Å². The molecule has 0 spiro atoms. The van der Waals surface area contributed by atoms with Gasteiger partial charge < -0.3 is 20.1 Å². The highest BCUT2D eigenvalue weighted by atomic mass is 16.5. The third kappa shape index (κ3) is 3.20. The molecule has 2 aliphatic rings. The number of nitrogens with two attached hydrogens (primary N) is 1. The van der Waals surface area contributed by atoms with Crippen molar-refractivity contribution in [2.24, 2.45) is 5.73 Å². The highest BCUT2D eigenvalue weighted by molar-refractivity contribution is 5.99. The molecular weight excluding hydrogens is 364 g/mol. The third-order valence-corrected chi connectivity index (χ3v) is 4.77. The van der Waals surface area contributed by atoms with Gasteiger partial charge in [-0.3, -0.25) is 24.1 Å². The summed E-state index contributed by atoms with van der Waals surface area (Å²) in [6, 6.07) is 9.26. The molecule has 1 fully saturated rings. The molecule has 1 saturated heterocycles. The second kappa shape index (κ2) is 7.35. The van der Waals surface area contributed by atoms with Crippen molar-refractivity contribution in [3.63, 3.8) is 0 Å². The fourth-order valence-electron chi connectivity index (χ4n) is 3.31. The zero-order valence-corrected chi connectivity index (χ0v) is 15.2.